The molecule has 5 nitrogen and oxygen atoms in total. The first-order chi connectivity index (χ1) is 12.4. The summed E-state index contributed by atoms with van der Waals surface area (Å²) in [6.45, 7) is 6.45. The molecule has 1 atom stereocenters. The van der Waals surface area contributed by atoms with Crippen LogP contribution in [-0.2, 0) is 17.8 Å². The molecule has 0 saturated carbocycles. The van der Waals surface area contributed by atoms with Crippen LogP contribution in [0.25, 0.3) is 0 Å². The number of amides is 1. The number of thioether (sulfide) groups is 2. The van der Waals surface area contributed by atoms with E-state index in [9.17, 15) is 9.59 Å². The monoisotopic (exact) mass is 409 g/mol. The van der Waals surface area contributed by atoms with Gasteiger partial charge in [-0.05, 0) is 31.5 Å². The summed E-state index contributed by atoms with van der Waals surface area (Å²) in [5.41, 5.74) is 2.47. The van der Waals surface area contributed by atoms with Crippen LogP contribution < -0.4 is 10.9 Å². The summed E-state index contributed by atoms with van der Waals surface area (Å²) in [5, 5.41) is 4.41. The van der Waals surface area contributed by atoms with Crippen molar-refractivity contribution in [3.8, 4) is 0 Å². The van der Waals surface area contributed by atoms with E-state index < -0.39 is 0 Å². The second-order valence-electron chi connectivity index (χ2n) is 6.15. The summed E-state index contributed by atoms with van der Waals surface area (Å²) >= 11 is 8.96. The summed E-state index contributed by atoms with van der Waals surface area (Å²) in [5.74, 6) is 0.0226. The first-order valence-electron chi connectivity index (χ1n) is 8.38. The molecule has 1 N–H and O–H groups in total. The third-order valence-corrected chi connectivity index (χ3v) is 6.67. The van der Waals surface area contributed by atoms with Gasteiger partial charge in [0.25, 0.3) is 5.56 Å². The summed E-state index contributed by atoms with van der Waals surface area (Å²) < 4.78 is 1.64. The molecule has 1 aromatic carbocycles. The van der Waals surface area contributed by atoms with Crippen molar-refractivity contribution in [3.05, 3.63) is 44.8 Å². The van der Waals surface area contributed by atoms with Crippen molar-refractivity contribution in [2.24, 2.45) is 0 Å². The standard InChI is InChI=1S/C18H20ClN3O2S2/c1-4-22-17(24)16-14(7-11(3)26-16)21-18(22)25-9-15(23)20-12-6-5-10(2)13(19)8-12/h5-6,8,11H,4,7,9H2,1-3H3,(H,20,23)/t11-/m0/s1. The average molecular weight is 410 g/mol. The zero-order chi connectivity index (χ0) is 18.8. The molecule has 0 radical (unpaired) electrons. The Bertz CT molecular complexity index is 914. The van der Waals surface area contributed by atoms with Gasteiger partial charge in [0.05, 0.1) is 16.3 Å². The Kier molecular flexibility index (Phi) is 5.99. The number of rotatable bonds is 5. The number of anilines is 1. The van der Waals surface area contributed by atoms with Crippen LogP contribution in [0, 0.1) is 6.92 Å². The highest BCUT2D eigenvalue weighted by Gasteiger charge is 2.26. The molecule has 0 saturated heterocycles. The molecule has 8 heteroatoms. The van der Waals surface area contributed by atoms with Gasteiger partial charge in [0.2, 0.25) is 5.91 Å². The van der Waals surface area contributed by atoms with Gasteiger partial charge in [-0.15, -0.1) is 11.8 Å². The Labute approximate surface area is 165 Å². The molecule has 1 aromatic heterocycles. The topological polar surface area (TPSA) is 64.0 Å². The van der Waals surface area contributed by atoms with Crippen LogP contribution in [0.15, 0.2) is 33.0 Å². The van der Waals surface area contributed by atoms with Crippen LogP contribution >= 0.6 is 35.1 Å². The van der Waals surface area contributed by atoms with Crippen molar-refractivity contribution in [3.63, 3.8) is 0 Å². The highest BCUT2D eigenvalue weighted by molar-refractivity contribution is 8.00. The molecule has 0 spiro atoms. The number of hydrogen-bond donors (Lipinski definition) is 1. The molecule has 1 aliphatic heterocycles. The van der Waals surface area contributed by atoms with E-state index in [4.69, 9.17) is 11.6 Å². The minimum atomic E-state index is -0.157. The van der Waals surface area contributed by atoms with E-state index in [1.807, 2.05) is 26.0 Å². The summed E-state index contributed by atoms with van der Waals surface area (Å²) in [7, 11) is 0. The Hall–Kier alpha value is -1.44. The molecule has 3 rings (SSSR count). The van der Waals surface area contributed by atoms with Gasteiger partial charge in [-0.3, -0.25) is 14.2 Å². The number of nitrogens with zero attached hydrogens (tertiary/aromatic N) is 2. The molecule has 0 aliphatic carbocycles. The Balaban J connectivity index is 1.72. The smallest absolute Gasteiger partial charge is 0.268 e. The molecular weight excluding hydrogens is 390 g/mol. The first kappa shape index (κ1) is 19.3. The third kappa shape index (κ3) is 4.10. The van der Waals surface area contributed by atoms with Crippen LogP contribution in [0.1, 0.15) is 25.1 Å². The quantitative estimate of drug-likeness (QED) is 0.597. The van der Waals surface area contributed by atoms with Crippen LogP contribution in [0.4, 0.5) is 5.69 Å². The Morgan fingerprint density at radius 1 is 1.50 bits per heavy atom. The maximum absolute atomic E-state index is 12.6. The van der Waals surface area contributed by atoms with E-state index in [-0.39, 0.29) is 17.2 Å². The van der Waals surface area contributed by atoms with Gasteiger partial charge in [0.15, 0.2) is 5.16 Å². The first-order valence-corrected chi connectivity index (χ1v) is 10.6. The minimum absolute atomic E-state index is 0.0000690. The lowest BCUT2D eigenvalue weighted by molar-refractivity contribution is -0.113. The number of benzene rings is 1. The van der Waals surface area contributed by atoms with Gasteiger partial charge in [0, 0.05) is 28.9 Å². The van der Waals surface area contributed by atoms with Gasteiger partial charge < -0.3 is 5.32 Å². The molecule has 138 valence electrons. The second kappa shape index (κ2) is 8.06. The molecule has 0 bridgehead atoms. The molecular formula is C18H20ClN3O2S2. The number of carbonyl (C=O) groups excluding carboxylic acids is 1. The van der Waals surface area contributed by atoms with E-state index in [2.05, 4.69) is 17.2 Å². The van der Waals surface area contributed by atoms with Crippen LogP contribution in [0.3, 0.4) is 0 Å². The number of carbonyl (C=O) groups is 1. The number of aryl methyl sites for hydroxylation is 1. The number of nitrogens with one attached hydrogen (secondary N) is 1. The molecule has 0 unspecified atom stereocenters. The van der Waals surface area contributed by atoms with Gasteiger partial charge in [-0.1, -0.05) is 36.4 Å². The molecule has 1 amide bonds. The van der Waals surface area contributed by atoms with Crippen molar-refractivity contribution in [2.75, 3.05) is 11.1 Å². The maximum atomic E-state index is 12.6. The van der Waals surface area contributed by atoms with Crippen molar-refractivity contribution >= 4 is 46.7 Å². The second-order valence-corrected chi connectivity index (χ2v) is 8.95. The predicted octanol–water partition coefficient (Wildman–Crippen LogP) is 3.99. The predicted molar refractivity (Wildman–Crippen MR) is 109 cm³/mol. The fourth-order valence-corrected chi connectivity index (χ4v) is 4.89. The minimum Gasteiger partial charge on any atom is -0.325 e. The van der Waals surface area contributed by atoms with Crippen molar-refractivity contribution < 1.29 is 4.79 Å². The van der Waals surface area contributed by atoms with E-state index >= 15 is 0 Å². The molecule has 2 aromatic rings. The Morgan fingerprint density at radius 2 is 2.27 bits per heavy atom. The summed E-state index contributed by atoms with van der Waals surface area (Å²) in [6.07, 6.45) is 0.793. The van der Waals surface area contributed by atoms with E-state index in [1.54, 1.807) is 22.4 Å². The van der Waals surface area contributed by atoms with Gasteiger partial charge in [-0.2, -0.15) is 0 Å². The molecule has 2 heterocycles. The number of halogens is 1. The van der Waals surface area contributed by atoms with Crippen molar-refractivity contribution in [1.29, 1.82) is 0 Å². The van der Waals surface area contributed by atoms with Crippen LogP contribution in [-0.4, -0.2) is 26.5 Å². The van der Waals surface area contributed by atoms with Crippen LogP contribution in [0.2, 0.25) is 5.02 Å². The zero-order valence-corrected chi connectivity index (χ0v) is 17.2. The van der Waals surface area contributed by atoms with Gasteiger partial charge in [0.1, 0.15) is 0 Å². The lowest BCUT2D eigenvalue weighted by atomic mass is 10.2. The lowest BCUT2D eigenvalue weighted by Crippen LogP contribution is -2.25. The third-order valence-electron chi connectivity index (χ3n) is 4.07. The lowest BCUT2D eigenvalue weighted by Gasteiger charge is -2.12. The van der Waals surface area contributed by atoms with Crippen molar-refractivity contribution in [1.82, 2.24) is 9.55 Å². The number of fused-ring (bicyclic) bond motifs is 1. The largest absolute Gasteiger partial charge is 0.325 e. The zero-order valence-electron chi connectivity index (χ0n) is 14.8. The fourth-order valence-electron chi connectivity index (χ4n) is 2.72. The normalized spacial score (nSPS) is 15.8. The van der Waals surface area contributed by atoms with Crippen molar-refractivity contribution in [2.45, 2.75) is 49.0 Å². The van der Waals surface area contributed by atoms with Gasteiger partial charge in [-0.25, -0.2) is 4.98 Å². The highest BCUT2D eigenvalue weighted by Crippen LogP contribution is 2.34. The SMILES string of the molecule is CCn1c(SCC(=O)Nc2ccc(C)c(Cl)c2)nc2c(c1=O)S[C@@H](C)C2. The highest BCUT2D eigenvalue weighted by atomic mass is 35.5. The van der Waals surface area contributed by atoms with Gasteiger partial charge >= 0.3 is 0 Å². The Morgan fingerprint density at radius 3 is 2.96 bits per heavy atom. The molecule has 1 aliphatic rings. The van der Waals surface area contributed by atoms with E-state index in [0.29, 0.717) is 27.7 Å². The van der Waals surface area contributed by atoms with E-state index in [1.165, 1.54) is 11.8 Å². The number of hydrogen-bond acceptors (Lipinski definition) is 5. The fraction of sp³-hybridized carbons (Fsp3) is 0.389. The molecule has 26 heavy (non-hydrogen) atoms. The number of aromatic nitrogens is 2. The molecule has 0 fully saturated rings. The van der Waals surface area contributed by atoms with E-state index in [0.717, 1.165) is 22.6 Å². The maximum Gasteiger partial charge on any atom is 0.268 e. The van der Waals surface area contributed by atoms with Crippen LogP contribution in [0.5, 0.6) is 0 Å². The summed E-state index contributed by atoms with van der Waals surface area (Å²) in [6, 6.07) is 5.41. The average Bonchev–Trinajstić information content (AvgIpc) is 2.97. The summed E-state index contributed by atoms with van der Waals surface area (Å²) in [4.78, 5) is 30.3.